The number of benzene rings is 1. The summed E-state index contributed by atoms with van der Waals surface area (Å²) < 4.78 is 5.92. The van der Waals surface area contributed by atoms with Crippen LogP contribution in [0.4, 0.5) is 10.5 Å². The van der Waals surface area contributed by atoms with E-state index < -0.39 is 11.7 Å². The Kier molecular flexibility index (Phi) is 5.96. The van der Waals surface area contributed by atoms with Gasteiger partial charge in [-0.3, -0.25) is 0 Å². The van der Waals surface area contributed by atoms with Gasteiger partial charge in [-0.2, -0.15) is 0 Å². The fourth-order valence-corrected chi connectivity index (χ4v) is 1.85. The maximum atomic E-state index is 11.5. The quantitative estimate of drug-likeness (QED) is 0.639. The van der Waals surface area contributed by atoms with Crippen LogP contribution in [0, 0.1) is 0 Å². The highest BCUT2D eigenvalue weighted by atomic mass is 79.9. The van der Waals surface area contributed by atoms with Crippen molar-refractivity contribution in [2.75, 3.05) is 6.54 Å². The van der Waals surface area contributed by atoms with Crippen LogP contribution in [-0.2, 0) is 4.74 Å². The molecule has 1 unspecified atom stereocenters. The van der Waals surface area contributed by atoms with Gasteiger partial charge in [0.15, 0.2) is 0 Å². The first-order chi connectivity index (χ1) is 9.17. The topological polar surface area (TPSA) is 70.9 Å². The number of nitrogens with zero attached hydrogens (tertiary/aromatic N) is 1. The summed E-state index contributed by atoms with van der Waals surface area (Å²) in [4.78, 5) is 15.7. The van der Waals surface area contributed by atoms with Gasteiger partial charge < -0.3 is 15.2 Å². The third kappa shape index (κ3) is 6.35. The molecule has 1 amide bonds. The first-order valence-electron chi connectivity index (χ1n) is 5.96. The Hall–Kier alpha value is -1.13. The van der Waals surface area contributed by atoms with Gasteiger partial charge in [0.2, 0.25) is 0 Å². The lowest BCUT2D eigenvalue weighted by Gasteiger charge is -2.19. The van der Waals surface area contributed by atoms with E-state index in [0.717, 1.165) is 4.47 Å². The highest BCUT2D eigenvalue weighted by molar-refractivity contribution is 9.10. The minimum absolute atomic E-state index is 0.0745. The van der Waals surface area contributed by atoms with Crippen LogP contribution in [0.1, 0.15) is 20.8 Å². The van der Waals surface area contributed by atoms with Gasteiger partial charge in [0.1, 0.15) is 17.0 Å². The van der Waals surface area contributed by atoms with Crippen molar-refractivity contribution in [3.8, 4) is 5.75 Å². The van der Waals surface area contributed by atoms with E-state index in [9.17, 15) is 9.90 Å². The summed E-state index contributed by atoms with van der Waals surface area (Å²) in [7, 11) is 2.42. The van der Waals surface area contributed by atoms with E-state index in [-0.39, 0.29) is 12.3 Å². The number of hydrogen-bond acceptors (Lipinski definition) is 4. The van der Waals surface area contributed by atoms with Crippen LogP contribution in [0.25, 0.3) is 0 Å². The normalized spacial score (nSPS) is 12.2. The number of carbonyl (C=O) groups excluding carboxylic acids is 1. The number of alkyl carbamates (subject to hydrolysis) is 1. The average Bonchev–Trinajstić information content (AvgIpc) is 2.29. The average molecular weight is 361 g/mol. The Morgan fingerprint density at radius 3 is 2.75 bits per heavy atom. The standard InChI is InChI=1S/C13H18BrN2O3P/c1-13(2,3)19-12(18)15-7-11(20)16-9-6-8(14)4-5-10(9)17/h4-6,17H,7,20H2,1-3H3,(H,15,18). The van der Waals surface area contributed by atoms with Crippen LogP contribution in [0.15, 0.2) is 27.7 Å². The van der Waals surface area contributed by atoms with Crippen molar-refractivity contribution in [3.05, 3.63) is 22.7 Å². The van der Waals surface area contributed by atoms with Gasteiger partial charge in [-0.1, -0.05) is 25.2 Å². The number of amides is 1. The van der Waals surface area contributed by atoms with E-state index in [1.54, 1.807) is 39.0 Å². The number of phenols is 1. The molecule has 5 nitrogen and oxygen atoms in total. The van der Waals surface area contributed by atoms with Crippen LogP contribution >= 0.6 is 25.2 Å². The molecule has 0 saturated heterocycles. The molecule has 1 aromatic rings. The zero-order valence-corrected chi connectivity index (χ0v) is 14.3. The summed E-state index contributed by atoms with van der Waals surface area (Å²) in [6.07, 6.45) is -0.508. The number of hydrogen-bond donors (Lipinski definition) is 2. The van der Waals surface area contributed by atoms with Crippen molar-refractivity contribution < 1.29 is 14.6 Å². The third-order valence-electron chi connectivity index (χ3n) is 2.01. The zero-order valence-electron chi connectivity index (χ0n) is 11.6. The molecule has 0 aliphatic carbocycles. The van der Waals surface area contributed by atoms with Crippen molar-refractivity contribution in [1.82, 2.24) is 5.32 Å². The molecule has 0 heterocycles. The molecule has 1 rings (SSSR count). The van der Waals surface area contributed by atoms with Crippen LogP contribution in [0.3, 0.4) is 0 Å². The lowest BCUT2D eigenvalue weighted by Crippen LogP contribution is -2.34. The molecular weight excluding hydrogens is 343 g/mol. The highest BCUT2D eigenvalue weighted by Gasteiger charge is 2.15. The predicted octanol–water partition coefficient (Wildman–Crippen LogP) is 3.58. The second kappa shape index (κ2) is 7.04. The fourth-order valence-electron chi connectivity index (χ4n) is 1.26. The SMILES string of the molecule is CC(C)(C)OC(=O)NCC(P)=Nc1cc(Br)ccc1O. The summed E-state index contributed by atoms with van der Waals surface area (Å²) in [5.41, 5.74) is 0.463. The summed E-state index contributed by atoms with van der Waals surface area (Å²) in [5.74, 6) is 0.0745. The minimum Gasteiger partial charge on any atom is -0.506 e. The minimum atomic E-state index is -0.537. The van der Waals surface area contributed by atoms with Crippen molar-refractivity contribution in [1.29, 1.82) is 0 Å². The van der Waals surface area contributed by atoms with Crippen LogP contribution in [0.2, 0.25) is 0 Å². The monoisotopic (exact) mass is 360 g/mol. The van der Waals surface area contributed by atoms with E-state index in [1.807, 2.05) is 0 Å². The molecule has 1 aromatic carbocycles. The summed E-state index contributed by atoms with van der Waals surface area (Å²) in [6, 6.07) is 4.95. The number of ether oxygens (including phenoxy) is 1. The van der Waals surface area contributed by atoms with Gasteiger partial charge in [0.05, 0.1) is 12.0 Å². The predicted molar refractivity (Wildman–Crippen MR) is 86.8 cm³/mol. The van der Waals surface area contributed by atoms with Crippen molar-refractivity contribution in [2.45, 2.75) is 26.4 Å². The number of carbonyl (C=O) groups is 1. The zero-order chi connectivity index (χ0) is 15.3. The van der Waals surface area contributed by atoms with Gasteiger partial charge in [0.25, 0.3) is 0 Å². The molecule has 0 radical (unpaired) electrons. The fraction of sp³-hybridized carbons (Fsp3) is 0.385. The van der Waals surface area contributed by atoms with E-state index in [4.69, 9.17) is 4.74 Å². The summed E-state index contributed by atoms with van der Waals surface area (Å²) in [6.45, 7) is 5.59. The first-order valence-corrected chi connectivity index (χ1v) is 7.33. The molecular formula is C13H18BrN2O3P. The lowest BCUT2D eigenvalue weighted by atomic mass is 10.2. The van der Waals surface area contributed by atoms with Crippen LogP contribution in [0.5, 0.6) is 5.75 Å². The molecule has 110 valence electrons. The largest absolute Gasteiger partial charge is 0.506 e. The van der Waals surface area contributed by atoms with Crippen molar-refractivity contribution in [3.63, 3.8) is 0 Å². The molecule has 0 aromatic heterocycles. The van der Waals surface area contributed by atoms with Crippen molar-refractivity contribution >= 4 is 42.4 Å². The van der Waals surface area contributed by atoms with Crippen LogP contribution in [-0.4, -0.2) is 28.8 Å². The Morgan fingerprint density at radius 2 is 2.15 bits per heavy atom. The number of rotatable bonds is 3. The second-order valence-corrected chi connectivity index (χ2v) is 6.67. The summed E-state index contributed by atoms with van der Waals surface area (Å²) in [5, 5.41) is 12.3. The molecule has 0 aliphatic rings. The van der Waals surface area contributed by atoms with Gasteiger partial charge >= 0.3 is 6.09 Å². The van der Waals surface area contributed by atoms with Crippen LogP contribution < -0.4 is 5.32 Å². The molecule has 0 aliphatic heterocycles. The summed E-state index contributed by atoms with van der Waals surface area (Å²) >= 11 is 3.30. The van der Waals surface area contributed by atoms with E-state index in [2.05, 4.69) is 35.5 Å². The van der Waals surface area contributed by atoms with Gasteiger partial charge in [-0.05, 0) is 39.0 Å². The van der Waals surface area contributed by atoms with Gasteiger partial charge in [0, 0.05) is 4.47 Å². The molecule has 7 heteroatoms. The molecule has 1 atom stereocenters. The Morgan fingerprint density at radius 1 is 1.50 bits per heavy atom. The number of phenolic OH excluding ortho intramolecular Hbond substituents is 1. The highest BCUT2D eigenvalue weighted by Crippen LogP contribution is 2.30. The number of nitrogens with one attached hydrogen (secondary N) is 1. The van der Waals surface area contributed by atoms with Gasteiger partial charge in [-0.15, -0.1) is 0 Å². The lowest BCUT2D eigenvalue weighted by molar-refractivity contribution is 0.0536. The smallest absolute Gasteiger partial charge is 0.407 e. The van der Waals surface area contributed by atoms with E-state index >= 15 is 0 Å². The maximum Gasteiger partial charge on any atom is 0.407 e. The number of aromatic hydroxyl groups is 1. The Labute approximate surface area is 129 Å². The molecule has 0 bridgehead atoms. The maximum absolute atomic E-state index is 11.5. The Bertz CT molecular complexity index is 527. The number of aliphatic imine (C=N–C) groups is 1. The Balaban J connectivity index is 2.62. The van der Waals surface area contributed by atoms with E-state index in [1.165, 1.54) is 0 Å². The van der Waals surface area contributed by atoms with E-state index in [0.29, 0.717) is 11.1 Å². The first kappa shape index (κ1) is 16.9. The van der Waals surface area contributed by atoms with Crippen molar-refractivity contribution in [2.24, 2.45) is 4.99 Å². The molecule has 0 saturated carbocycles. The number of halogens is 1. The van der Waals surface area contributed by atoms with Gasteiger partial charge in [-0.25, -0.2) is 9.79 Å². The molecule has 0 fully saturated rings. The third-order valence-corrected chi connectivity index (χ3v) is 2.84. The molecule has 0 spiro atoms. The molecule has 2 N–H and O–H groups in total. The second-order valence-electron chi connectivity index (χ2n) is 5.09. The molecule has 20 heavy (non-hydrogen) atoms.